The first kappa shape index (κ1) is 11.5. The molecule has 0 fully saturated rings. The lowest BCUT2D eigenvalue weighted by Gasteiger charge is -2.02. The molecule has 0 N–H and O–H groups in total. The maximum atomic E-state index is 13.6. The fourth-order valence-corrected chi connectivity index (χ4v) is 1.66. The second-order valence-electron chi connectivity index (χ2n) is 4.06. The van der Waals surface area contributed by atoms with Crippen LogP contribution in [0.1, 0.15) is 21.6 Å². The Labute approximate surface area is 98.9 Å². The number of halogens is 1. The second-order valence-corrected chi connectivity index (χ2v) is 4.06. The van der Waals surface area contributed by atoms with Gasteiger partial charge in [0.1, 0.15) is 5.82 Å². The number of carbonyl (C=O) groups is 1. The maximum absolute atomic E-state index is 13.6. The average Bonchev–Trinajstić information content (AvgIpc) is 2.63. The van der Waals surface area contributed by atoms with Crippen LogP contribution in [0, 0.1) is 12.7 Å². The molecule has 0 radical (unpaired) electrons. The summed E-state index contributed by atoms with van der Waals surface area (Å²) in [6, 6.07) is 6.38. The molecule has 4 heteroatoms. The van der Waals surface area contributed by atoms with E-state index in [9.17, 15) is 9.18 Å². The molecule has 0 aliphatic heterocycles. The maximum Gasteiger partial charge on any atom is 0.171 e. The van der Waals surface area contributed by atoms with Gasteiger partial charge in [-0.2, -0.15) is 5.10 Å². The molecule has 1 aromatic heterocycles. The predicted molar refractivity (Wildman–Crippen MR) is 62.4 cm³/mol. The highest BCUT2D eigenvalue weighted by Crippen LogP contribution is 2.12. The van der Waals surface area contributed by atoms with E-state index in [1.807, 2.05) is 0 Å². The molecule has 1 heterocycles. The van der Waals surface area contributed by atoms with E-state index in [1.54, 1.807) is 37.0 Å². The number of benzene rings is 1. The van der Waals surface area contributed by atoms with Crippen LogP contribution in [0.4, 0.5) is 4.39 Å². The number of aromatic nitrogens is 2. The first-order chi connectivity index (χ1) is 8.06. The van der Waals surface area contributed by atoms with Crippen molar-refractivity contribution in [2.24, 2.45) is 7.05 Å². The summed E-state index contributed by atoms with van der Waals surface area (Å²) >= 11 is 0. The summed E-state index contributed by atoms with van der Waals surface area (Å²) < 4.78 is 15.2. The van der Waals surface area contributed by atoms with Gasteiger partial charge in [-0.1, -0.05) is 6.07 Å². The van der Waals surface area contributed by atoms with E-state index < -0.39 is 5.82 Å². The normalized spacial score (nSPS) is 10.5. The van der Waals surface area contributed by atoms with Crippen molar-refractivity contribution < 1.29 is 9.18 Å². The van der Waals surface area contributed by atoms with Crippen LogP contribution in [0.15, 0.2) is 30.5 Å². The van der Waals surface area contributed by atoms with Gasteiger partial charge in [-0.25, -0.2) is 4.39 Å². The fourth-order valence-electron chi connectivity index (χ4n) is 1.66. The molecule has 3 nitrogen and oxygen atoms in total. The van der Waals surface area contributed by atoms with Crippen molar-refractivity contribution in [3.05, 3.63) is 53.1 Å². The molecule has 0 unspecified atom stereocenters. The zero-order chi connectivity index (χ0) is 12.4. The van der Waals surface area contributed by atoms with Gasteiger partial charge in [-0.3, -0.25) is 9.48 Å². The van der Waals surface area contributed by atoms with Crippen molar-refractivity contribution in [3.8, 4) is 0 Å². The van der Waals surface area contributed by atoms with E-state index in [2.05, 4.69) is 5.10 Å². The van der Waals surface area contributed by atoms with Gasteiger partial charge < -0.3 is 0 Å². The fraction of sp³-hybridized carbons (Fsp3) is 0.231. The van der Waals surface area contributed by atoms with Crippen LogP contribution in [0.3, 0.4) is 0 Å². The lowest BCUT2D eigenvalue weighted by Crippen LogP contribution is -2.07. The molecule has 0 aliphatic carbocycles. The smallest absolute Gasteiger partial charge is 0.171 e. The third kappa shape index (κ3) is 2.58. The quantitative estimate of drug-likeness (QED) is 0.761. The SMILES string of the molecule is Cc1ccc(C(=O)Cc2ccn(C)n2)c(F)c1. The minimum Gasteiger partial charge on any atom is -0.294 e. The van der Waals surface area contributed by atoms with Crippen LogP contribution < -0.4 is 0 Å². The summed E-state index contributed by atoms with van der Waals surface area (Å²) in [6.45, 7) is 1.79. The minimum atomic E-state index is -0.467. The molecule has 2 aromatic rings. The molecular weight excluding hydrogens is 219 g/mol. The molecule has 0 atom stereocenters. The second kappa shape index (κ2) is 4.49. The van der Waals surface area contributed by atoms with Crippen LogP contribution in [0.2, 0.25) is 0 Å². The van der Waals surface area contributed by atoms with Crippen molar-refractivity contribution in [1.29, 1.82) is 0 Å². The van der Waals surface area contributed by atoms with Gasteiger partial charge in [-0.15, -0.1) is 0 Å². The lowest BCUT2D eigenvalue weighted by atomic mass is 10.0. The molecule has 0 amide bonds. The minimum absolute atomic E-state index is 0.126. The number of ketones is 1. The summed E-state index contributed by atoms with van der Waals surface area (Å²) in [5.74, 6) is -0.716. The largest absolute Gasteiger partial charge is 0.294 e. The van der Waals surface area contributed by atoms with Gasteiger partial charge in [0.2, 0.25) is 0 Å². The molecule has 0 saturated heterocycles. The lowest BCUT2D eigenvalue weighted by molar-refractivity contribution is 0.0988. The first-order valence-corrected chi connectivity index (χ1v) is 5.34. The Morgan fingerprint density at radius 1 is 1.41 bits per heavy atom. The number of rotatable bonds is 3. The van der Waals surface area contributed by atoms with Crippen LogP contribution in [0.25, 0.3) is 0 Å². The van der Waals surface area contributed by atoms with Crippen molar-refractivity contribution in [3.63, 3.8) is 0 Å². The molecule has 0 saturated carbocycles. The summed E-state index contributed by atoms with van der Waals surface area (Å²) in [5.41, 5.74) is 1.58. The number of carbonyl (C=O) groups excluding carboxylic acids is 1. The average molecular weight is 232 g/mol. The molecule has 1 aromatic carbocycles. The molecule has 2 rings (SSSR count). The molecule has 17 heavy (non-hydrogen) atoms. The van der Waals surface area contributed by atoms with Gasteiger partial charge >= 0.3 is 0 Å². The van der Waals surface area contributed by atoms with Crippen LogP contribution in [0.5, 0.6) is 0 Å². The van der Waals surface area contributed by atoms with Crippen LogP contribution in [-0.2, 0) is 13.5 Å². The first-order valence-electron chi connectivity index (χ1n) is 5.34. The summed E-state index contributed by atoms with van der Waals surface area (Å²) in [5, 5.41) is 4.10. The predicted octanol–water partition coefficient (Wildman–Crippen LogP) is 2.29. The van der Waals surface area contributed by atoms with Crippen molar-refractivity contribution in [2.75, 3.05) is 0 Å². The number of hydrogen-bond acceptors (Lipinski definition) is 2. The molecular formula is C13H13FN2O. The van der Waals surface area contributed by atoms with Crippen molar-refractivity contribution in [1.82, 2.24) is 9.78 Å². The van der Waals surface area contributed by atoms with Gasteiger partial charge in [0.05, 0.1) is 17.7 Å². The van der Waals surface area contributed by atoms with E-state index in [0.717, 1.165) is 5.56 Å². The number of Topliss-reactive ketones (excluding diaryl/α,β-unsaturated/α-hetero) is 1. The topological polar surface area (TPSA) is 34.9 Å². The Kier molecular flexibility index (Phi) is 3.04. The monoisotopic (exact) mass is 232 g/mol. The van der Waals surface area contributed by atoms with E-state index in [0.29, 0.717) is 5.69 Å². The molecule has 0 bridgehead atoms. The summed E-state index contributed by atoms with van der Waals surface area (Å²) in [7, 11) is 1.78. The number of nitrogens with zero attached hydrogens (tertiary/aromatic N) is 2. The van der Waals surface area contributed by atoms with Gasteiger partial charge in [0, 0.05) is 13.2 Å². The van der Waals surface area contributed by atoms with Crippen LogP contribution in [-0.4, -0.2) is 15.6 Å². The van der Waals surface area contributed by atoms with Crippen molar-refractivity contribution in [2.45, 2.75) is 13.3 Å². The van der Waals surface area contributed by atoms with E-state index in [-0.39, 0.29) is 17.8 Å². The zero-order valence-corrected chi connectivity index (χ0v) is 9.77. The highest BCUT2D eigenvalue weighted by molar-refractivity contribution is 5.97. The van der Waals surface area contributed by atoms with Crippen molar-refractivity contribution >= 4 is 5.78 Å². The highest BCUT2D eigenvalue weighted by Gasteiger charge is 2.13. The Bertz CT molecular complexity index is 560. The zero-order valence-electron chi connectivity index (χ0n) is 9.77. The Morgan fingerprint density at radius 2 is 2.18 bits per heavy atom. The Hall–Kier alpha value is -1.97. The number of hydrogen-bond donors (Lipinski definition) is 0. The van der Waals surface area contributed by atoms with E-state index in [1.165, 1.54) is 12.1 Å². The van der Waals surface area contributed by atoms with Crippen LogP contribution >= 0.6 is 0 Å². The molecule has 88 valence electrons. The number of aryl methyl sites for hydroxylation is 2. The van der Waals surface area contributed by atoms with Gasteiger partial charge in [0.15, 0.2) is 5.78 Å². The van der Waals surface area contributed by atoms with E-state index >= 15 is 0 Å². The summed E-state index contributed by atoms with van der Waals surface area (Å²) in [4.78, 5) is 11.9. The third-order valence-electron chi connectivity index (χ3n) is 2.54. The third-order valence-corrected chi connectivity index (χ3v) is 2.54. The molecule has 0 aliphatic rings. The highest BCUT2D eigenvalue weighted by atomic mass is 19.1. The van der Waals surface area contributed by atoms with E-state index in [4.69, 9.17) is 0 Å². The molecule has 0 spiro atoms. The Morgan fingerprint density at radius 3 is 2.76 bits per heavy atom. The van der Waals surface area contributed by atoms with Gasteiger partial charge in [0.25, 0.3) is 0 Å². The van der Waals surface area contributed by atoms with Gasteiger partial charge in [-0.05, 0) is 30.7 Å². The summed E-state index contributed by atoms with van der Waals surface area (Å²) in [6.07, 6.45) is 1.88. The standard InChI is InChI=1S/C13H13FN2O/c1-9-3-4-11(12(14)7-9)13(17)8-10-5-6-16(2)15-10/h3-7H,8H2,1-2H3. The Balaban J connectivity index is 2.20.